The third kappa shape index (κ3) is 3.78. The maximum absolute atomic E-state index is 12.2. The van der Waals surface area contributed by atoms with Crippen molar-refractivity contribution in [2.75, 3.05) is 6.67 Å². The molecule has 0 aromatic heterocycles. The Morgan fingerprint density at radius 2 is 2.24 bits per heavy atom. The van der Waals surface area contributed by atoms with Crippen molar-refractivity contribution in [3.05, 3.63) is 33.8 Å². The summed E-state index contributed by atoms with van der Waals surface area (Å²) in [6.07, 6.45) is 0.580. The number of rotatable bonds is 5. The van der Waals surface area contributed by atoms with Crippen molar-refractivity contribution in [2.45, 2.75) is 25.3 Å². The first-order chi connectivity index (χ1) is 7.86. The lowest BCUT2D eigenvalue weighted by molar-refractivity contribution is -0.142. The zero-order valence-electron chi connectivity index (χ0n) is 9.54. The molecule has 0 saturated heterocycles. The summed E-state index contributed by atoms with van der Waals surface area (Å²) in [7, 11) is 0. The lowest BCUT2D eigenvalue weighted by Crippen LogP contribution is -2.46. The van der Waals surface area contributed by atoms with Gasteiger partial charge in [0.15, 0.2) is 0 Å². The first-order valence-corrected chi connectivity index (χ1v) is 6.01. The first-order valence-electron chi connectivity index (χ1n) is 5.22. The fourth-order valence-corrected chi connectivity index (χ4v) is 2.13. The van der Waals surface area contributed by atoms with E-state index in [-0.39, 0.29) is 6.42 Å². The SMILES string of the molecule is C[C@](N)(Cc1ccc(CCF)c(Br)c1)C(=O)O. The molecular formula is C12H15BrFNO2. The Labute approximate surface area is 108 Å². The van der Waals surface area contributed by atoms with Crippen molar-refractivity contribution in [3.63, 3.8) is 0 Å². The summed E-state index contributed by atoms with van der Waals surface area (Å²) in [4.78, 5) is 10.9. The van der Waals surface area contributed by atoms with Gasteiger partial charge in [0.05, 0.1) is 6.67 Å². The highest BCUT2D eigenvalue weighted by Crippen LogP contribution is 2.21. The van der Waals surface area contributed by atoms with Gasteiger partial charge >= 0.3 is 5.97 Å². The molecule has 0 bridgehead atoms. The van der Waals surface area contributed by atoms with Gasteiger partial charge in [-0.05, 0) is 24.1 Å². The molecule has 3 N–H and O–H groups in total. The molecule has 1 aromatic carbocycles. The normalized spacial score (nSPS) is 14.4. The van der Waals surface area contributed by atoms with Crippen LogP contribution in [0.5, 0.6) is 0 Å². The summed E-state index contributed by atoms with van der Waals surface area (Å²) in [5, 5.41) is 8.92. The molecule has 0 unspecified atom stereocenters. The average molecular weight is 304 g/mol. The number of carboxylic acid groups (broad SMARTS) is 1. The second kappa shape index (κ2) is 5.60. The fourth-order valence-electron chi connectivity index (χ4n) is 1.50. The molecule has 0 aliphatic carbocycles. The summed E-state index contributed by atoms with van der Waals surface area (Å²) in [5.74, 6) is -1.04. The first kappa shape index (κ1) is 14.1. The van der Waals surface area contributed by atoms with Gasteiger partial charge in [0.25, 0.3) is 0 Å². The Balaban J connectivity index is 2.87. The zero-order valence-corrected chi connectivity index (χ0v) is 11.1. The van der Waals surface area contributed by atoms with Gasteiger partial charge in [-0.2, -0.15) is 0 Å². The van der Waals surface area contributed by atoms with E-state index in [1.165, 1.54) is 6.92 Å². The number of aryl methyl sites for hydroxylation is 1. The van der Waals surface area contributed by atoms with Crippen molar-refractivity contribution in [2.24, 2.45) is 5.73 Å². The van der Waals surface area contributed by atoms with Crippen LogP contribution in [0.15, 0.2) is 22.7 Å². The van der Waals surface area contributed by atoms with E-state index in [1.54, 1.807) is 18.2 Å². The Bertz CT molecular complexity index is 421. The van der Waals surface area contributed by atoms with Crippen LogP contribution >= 0.6 is 15.9 Å². The van der Waals surface area contributed by atoms with Crippen LogP contribution in [0, 0.1) is 0 Å². The largest absolute Gasteiger partial charge is 0.480 e. The third-order valence-corrected chi connectivity index (χ3v) is 3.28. The van der Waals surface area contributed by atoms with Crippen molar-refractivity contribution in [1.29, 1.82) is 0 Å². The van der Waals surface area contributed by atoms with Crippen LogP contribution in [0.4, 0.5) is 4.39 Å². The number of aliphatic carboxylic acids is 1. The molecule has 17 heavy (non-hydrogen) atoms. The summed E-state index contributed by atoms with van der Waals surface area (Å²) in [6, 6.07) is 5.36. The van der Waals surface area contributed by atoms with Gasteiger partial charge in [0.2, 0.25) is 0 Å². The zero-order chi connectivity index (χ0) is 13.1. The van der Waals surface area contributed by atoms with Crippen LogP contribution in [0.3, 0.4) is 0 Å². The van der Waals surface area contributed by atoms with E-state index >= 15 is 0 Å². The summed E-state index contributed by atoms with van der Waals surface area (Å²) >= 11 is 3.34. The molecule has 0 heterocycles. The molecule has 5 heteroatoms. The highest BCUT2D eigenvalue weighted by atomic mass is 79.9. The smallest absolute Gasteiger partial charge is 0.323 e. The maximum atomic E-state index is 12.2. The summed E-state index contributed by atoms with van der Waals surface area (Å²) < 4.78 is 13.0. The highest BCUT2D eigenvalue weighted by Gasteiger charge is 2.28. The molecule has 3 nitrogen and oxygen atoms in total. The predicted molar refractivity (Wildman–Crippen MR) is 67.8 cm³/mol. The minimum atomic E-state index is -1.29. The number of hydrogen-bond donors (Lipinski definition) is 2. The molecule has 0 saturated carbocycles. The Kier molecular flexibility index (Phi) is 4.65. The second-order valence-corrected chi connectivity index (χ2v) is 5.12. The minimum Gasteiger partial charge on any atom is -0.480 e. The van der Waals surface area contributed by atoms with E-state index < -0.39 is 18.2 Å². The molecule has 1 atom stereocenters. The van der Waals surface area contributed by atoms with E-state index in [9.17, 15) is 9.18 Å². The molecule has 0 aliphatic heterocycles. The maximum Gasteiger partial charge on any atom is 0.323 e. The average Bonchev–Trinajstić information content (AvgIpc) is 2.21. The van der Waals surface area contributed by atoms with Crippen LogP contribution in [-0.4, -0.2) is 23.3 Å². The highest BCUT2D eigenvalue weighted by molar-refractivity contribution is 9.10. The second-order valence-electron chi connectivity index (χ2n) is 4.26. The lowest BCUT2D eigenvalue weighted by Gasteiger charge is -2.19. The Morgan fingerprint density at radius 3 is 2.71 bits per heavy atom. The molecule has 0 amide bonds. The summed E-state index contributed by atoms with van der Waals surface area (Å²) in [6.45, 7) is 1.06. The third-order valence-electron chi connectivity index (χ3n) is 2.54. The number of nitrogens with two attached hydrogens (primary N) is 1. The topological polar surface area (TPSA) is 63.3 Å². The standard InChI is InChI=1S/C12H15BrFNO2/c1-12(15,11(16)17)7-8-2-3-9(4-5-14)10(13)6-8/h2-3,6H,4-5,7,15H2,1H3,(H,16,17)/t12-/m0/s1. The van der Waals surface area contributed by atoms with E-state index in [2.05, 4.69) is 15.9 Å². The molecule has 0 aliphatic rings. The Morgan fingerprint density at radius 1 is 1.59 bits per heavy atom. The quantitative estimate of drug-likeness (QED) is 0.877. The molecule has 0 fully saturated rings. The molecule has 94 valence electrons. The van der Waals surface area contributed by atoms with Gasteiger partial charge in [-0.25, -0.2) is 0 Å². The van der Waals surface area contributed by atoms with E-state index in [4.69, 9.17) is 10.8 Å². The van der Waals surface area contributed by atoms with Gasteiger partial charge in [-0.3, -0.25) is 9.18 Å². The number of carbonyl (C=O) groups is 1. The van der Waals surface area contributed by atoms with Crippen LogP contribution in [0.2, 0.25) is 0 Å². The number of carboxylic acids is 1. The van der Waals surface area contributed by atoms with E-state index in [1.807, 2.05) is 0 Å². The van der Waals surface area contributed by atoms with Gasteiger partial charge in [0, 0.05) is 17.3 Å². The monoisotopic (exact) mass is 303 g/mol. The van der Waals surface area contributed by atoms with Crippen molar-refractivity contribution in [3.8, 4) is 0 Å². The molecule has 0 radical (unpaired) electrons. The van der Waals surface area contributed by atoms with Gasteiger partial charge in [-0.15, -0.1) is 0 Å². The molecule has 1 rings (SSSR count). The minimum absolute atomic E-state index is 0.233. The lowest BCUT2D eigenvalue weighted by atomic mass is 9.93. The predicted octanol–water partition coefficient (Wildman–Crippen LogP) is 2.31. The van der Waals surface area contributed by atoms with Crippen LogP contribution < -0.4 is 5.73 Å². The van der Waals surface area contributed by atoms with Gasteiger partial charge in [0.1, 0.15) is 5.54 Å². The fraction of sp³-hybridized carbons (Fsp3) is 0.417. The molecule has 0 spiro atoms. The Hall–Kier alpha value is -0.940. The van der Waals surface area contributed by atoms with Crippen molar-refractivity contribution in [1.82, 2.24) is 0 Å². The number of halogens is 2. The van der Waals surface area contributed by atoms with Crippen LogP contribution in [0.1, 0.15) is 18.1 Å². The van der Waals surface area contributed by atoms with Crippen LogP contribution in [-0.2, 0) is 17.6 Å². The van der Waals surface area contributed by atoms with Gasteiger partial charge < -0.3 is 10.8 Å². The van der Waals surface area contributed by atoms with Crippen molar-refractivity contribution < 1.29 is 14.3 Å². The number of alkyl halides is 1. The van der Waals surface area contributed by atoms with E-state index in [0.717, 1.165) is 15.6 Å². The number of benzene rings is 1. The molecular weight excluding hydrogens is 289 g/mol. The number of hydrogen-bond acceptors (Lipinski definition) is 2. The van der Waals surface area contributed by atoms with Crippen molar-refractivity contribution >= 4 is 21.9 Å². The van der Waals surface area contributed by atoms with Crippen LogP contribution in [0.25, 0.3) is 0 Å². The van der Waals surface area contributed by atoms with E-state index in [0.29, 0.717) is 6.42 Å². The summed E-state index contributed by atoms with van der Waals surface area (Å²) in [5.41, 5.74) is 6.05. The van der Waals surface area contributed by atoms with Gasteiger partial charge in [-0.1, -0.05) is 28.1 Å². The molecule has 1 aromatic rings.